The highest BCUT2D eigenvalue weighted by Gasteiger charge is 2.22. The highest BCUT2D eigenvalue weighted by molar-refractivity contribution is 7.15. The fourth-order valence-corrected chi connectivity index (χ4v) is 3.66. The zero-order chi connectivity index (χ0) is 13.7. The van der Waals surface area contributed by atoms with Gasteiger partial charge in [-0.1, -0.05) is 0 Å². The molecule has 1 aromatic heterocycles. The van der Waals surface area contributed by atoms with E-state index in [0.29, 0.717) is 5.92 Å². The number of rotatable bonds is 7. The van der Waals surface area contributed by atoms with Gasteiger partial charge < -0.3 is 15.3 Å². The molecule has 0 spiro atoms. The molecule has 108 valence electrons. The maximum atomic E-state index is 9.49. The summed E-state index contributed by atoms with van der Waals surface area (Å²) in [5, 5.41) is 14.1. The Morgan fingerprint density at radius 1 is 1.42 bits per heavy atom. The van der Waals surface area contributed by atoms with Gasteiger partial charge in [-0.15, -0.1) is 11.3 Å². The number of aliphatic hydroxyl groups is 1. The van der Waals surface area contributed by atoms with Crippen LogP contribution in [0.25, 0.3) is 0 Å². The van der Waals surface area contributed by atoms with Crippen molar-refractivity contribution in [3.05, 3.63) is 11.1 Å². The van der Waals surface area contributed by atoms with E-state index in [1.54, 1.807) is 11.3 Å². The Morgan fingerprint density at radius 2 is 2.21 bits per heavy atom. The Morgan fingerprint density at radius 3 is 2.84 bits per heavy atom. The molecule has 1 heterocycles. The van der Waals surface area contributed by atoms with E-state index in [2.05, 4.69) is 29.0 Å². The van der Waals surface area contributed by atoms with Crippen molar-refractivity contribution in [2.24, 2.45) is 5.92 Å². The lowest BCUT2D eigenvalue weighted by atomic mass is 10.1. The monoisotopic (exact) mass is 283 g/mol. The summed E-state index contributed by atoms with van der Waals surface area (Å²) in [6, 6.07) is 0. The van der Waals surface area contributed by atoms with Crippen LogP contribution in [0.1, 0.15) is 38.0 Å². The van der Waals surface area contributed by atoms with E-state index in [1.165, 1.54) is 4.88 Å². The Labute approximate surface area is 119 Å². The van der Waals surface area contributed by atoms with E-state index in [4.69, 9.17) is 0 Å². The van der Waals surface area contributed by atoms with Crippen LogP contribution in [-0.4, -0.2) is 35.8 Å². The first-order chi connectivity index (χ1) is 9.22. The van der Waals surface area contributed by atoms with Crippen LogP contribution in [0.4, 0.5) is 5.13 Å². The van der Waals surface area contributed by atoms with E-state index >= 15 is 0 Å². The second kappa shape index (κ2) is 7.22. The van der Waals surface area contributed by atoms with Gasteiger partial charge in [-0.25, -0.2) is 4.98 Å². The smallest absolute Gasteiger partial charge is 0.185 e. The Bertz CT molecular complexity index is 379. The SMILES string of the molecule is CCN(CC)c1ncc(CNCC2CCC(O)C2)s1. The van der Waals surface area contributed by atoms with Gasteiger partial charge in [0.25, 0.3) is 0 Å². The molecule has 4 nitrogen and oxygen atoms in total. The number of nitrogens with one attached hydrogen (secondary N) is 1. The van der Waals surface area contributed by atoms with Crippen LogP contribution in [0.2, 0.25) is 0 Å². The molecular weight excluding hydrogens is 258 g/mol. The minimum atomic E-state index is -0.0653. The lowest BCUT2D eigenvalue weighted by molar-refractivity contribution is 0.177. The van der Waals surface area contributed by atoms with Crippen LogP contribution >= 0.6 is 11.3 Å². The molecule has 2 rings (SSSR count). The van der Waals surface area contributed by atoms with Crippen molar-refractivity contribution in [3.63, 3.8) is 0 Å². The van der Waals surface area contributed by atoms with E-state index in [9.17, 15) is 5.11 Å². The second-order valence-corrected chi connectivity index (χ2v) is 6.34. The molecular formula is C14H25N3OS. The summed E-state index contributed by atoms with van der Waals surface area (Å²) in [6.45, 7) is 8.25. The van der Waals surface area contributed by atoms with Crippen LogP contribution in [0.5, 0.6) is 0 Å². The molecule has 0 saturated heterocycles. The molecule has 0 bridgehead atoms. The third-order valence-corrected chi connectivity index (χ3v) is 4.88. The summed E-state index contributed by atoms with van der Waals surface area (Å²) >= 11 is 1.78. The quantitative estimate of drug-likeness (QED) is 0.806. The molecule has 2 N–H and O–H groups in total. The maximum Gasteiger partial charge on any atom is 0.185 e. The van der Waals surface area contributed by atoms with Gasteiger partial charge in [0.2, 0.25) is 0 Å². The third kappa shape index (κ3) is 4.16. The van der Waals surface area contributed by atoms with Crippen molar-refractivity contribution in [2.45, 2.75) is 45.8 Å². The van der Waals surface area contributed by atoms with Gasteiger partial charge in [-0.3, -0.25) is 0 Å². The molecule has 0 aliphatic heterocycles. The van der Waals surface area contributed by atoms with E-state index in [-0.39, 0.29) is 6.10 Å². The van der Waals surface area contributed by atoms with Gasteiger partial charge in [0.15, 0.2) is 5.13 Å². The van der Waals surface area contributed by atoms with E-state index in [0.717, 1.165) is 50.6 Å². The fourth-order valence-electron chi connectivity index (χ4n) is 2.65. The molecule has 2 unspecified atom stereocenters. The summed E-state index contributed by atoms with van der Waals surface area (Å²) in [4.78, 5) is 8.06. The van der Waals surface area contributed by atoms with Crippen LogP contribution in [0.3, 0.4) is 0 Å². The minimum Gasteiger partial charge on any atom is -0.393 e. The van der Waals surface area contributed by atoms with Gasteiger partial charge in [0.1, 0.15) is 0 Å². The van der Waals surface area contributed by atoms with Gasteiger partial charge in [0, 0.05) is 30.7 Å². The molecule has 1 fully saturated rings. The van der Waals surface area contributed by atoms with Gasteiger partial charge >= 0.3 is 0 Å². The van der Waals surface area contributed by atoms with Gasteiger partial charge in [0.05, 0.1) is 6.10 Å². The number of thiazole rings is 1. The third-order valence-electron chi connectivity index (χ3n) is 3.82. The summed E-state index contributed by atoms with van der Waals surface area (Å²) in [7, 11) is 0. The normalized spacial score (nSPS) is 22.9. The highest BCUT2D eigenvalue weighted by atomic mass is 32.1. The lowest BCUT2D eigenvalue weighted by Gasteiger charge is -2.16. The molecule has 2 atom stereocenters. The first kappa shape index (κ1) is 14.8. The summed E-state index contributed by atoms with van der Waals surface area (Å²) in [5.74, 6) is 0.644. The zero-order valence-corrected chi connectivity index (χ0v) is 12.7. The molecule has 1 aliphatic carbocycles. The van der Waals surface area contributed by atoms with Crippen molar-refractivity contribution in [1.82, 2.24) is 10.3 Å². The van der Waals surface area contributed by atoms with Crippen molar-refractivity contribution in [2.75, 3.05) is 24.5 Å². The van der Waals surface area contributed by atoms with E-state index in [1.807, 2.05) is 6.20 Å². The molecule has 0 radical (unpaired) electrons. The number of nitrogens with zero attached hydrogens (tertiary/aromatic N) is 2. The highest BCUT2D eigenvalue weighted by Crippen LogP contribution is 2.25. The standard InChI is InChI=1S/C14H25N3OS/c1-3-17(4-2)14-16-10-13(19-14)9-15-8-11-5-6-12(18)7-11/h10-12,15,18H,3-9H2,1-2H3. The number of aliphatic hydroxyl groups excluding tert-OH is 1. The summed E-state index contributed by atoms with van der Waals surface area (Å²) in [6.07, 6.45) is 5.00. The van der Waals surface area contributed by atoms with Crippen LogP contribution < -0.4 is 10.2 Å². The molecule has 0 aromatic carbocycles. The van der Waals surface area contributed by atoms with Gasteiger partial charge in [-0.05, 0) is 45.6 Å². The van der Waals surface area contributed by atoms with Crippen molar-refractivity contribution >= 4 is 16.5 Å². The van der Waals surface area contributed by atoms with Gasteiger partial charge in [-0.2, -0.15) is 0 Å². The Kier molecular flexibility index (Phi) is 5.60. The number of anilines is 1. The number of aromatic nitrogens is 1. The first-order valence-electron chi connectivity index (χ1n) is 7.31. The predicted molar refractivity (Wildman–Crippen MR) is 80.7 cm³/mol. The van der Waals surface area contributed by atoms with Crippen LogP contribution in [-0.2, 0) is 6.54 Å². The molecule has 0 amide bonds. The Hall–Kier alpha value is -0.650. The van der Waals surface area contributed by atoms with Crippen LogP contribution in [0, 0.1) is 5.92 Å². The predicted octanol–water partition coefficient (Wildman–Crippen LogP) is 2.24. The molecule has 1 saturated carbocycles. The minimum absolute atomic E-state index is 0.0653. The van der Waals surface area contributed by atoms with E-state index < -0.39 is 0 Å². The molecule has 1 aromatic rings. The molecule has 5 heteroatoms. The number of hydrogen-bond acceptors (Lipinski definition) is 5. The largest absolute Gasteiger partial charge is 0.393 e. The topological polar surface area (TPSA) is 48.4 Å². The van der Waals surface area contributed by atoms with Crippen molar-refractivity contribution in [3.8, 4) is 0 Å². The lowest BCUT2D eigenvalue weighted by Crippen LogP contribution is -2.21. The van der Waals surface area contributed by atoms with Crippen LogP contribution in [0.15, 0.2) is 6.20 Å². The summed E-state index contributed by atoms with van der Waals surface area (Å²) < 4.78 is 0. The van der Waals surface area contributed by atoms with Crippen molar-refractivity contribution < 1.29 is 5.11 Å². The number of hydrogen-bond donors (Lipinski definition) is 2. The average Bonchev–Trinajstić information content (AvgIpc) is 3.01. The zero-order valence-electron chi connectivity index (χ0n) is 11.9. The fraction of sp³-hybridized carbons (Fsp3) is 0.786. The average molecular weight is 283 g/mol. The second-order valence-electron chi connectivity index (χ2n) is 5.25. The maximum absolute atomic E-state index is 9.49. The molecule has 1 aliphatic rings. The van der Waals surface area contributed by atoms with Crippen molar-refractivity contribution in [1.29, 1.82) is 0 Å². The first-order valence-corrected chi connectivity index (χ1v) is 8.13. The molecule has 19 heavy (non-hydrogen) atoms. The summed E-state index contributed by atoms with van der Waals surface area (Å²) in [5.41, 5.74) is 0. The Balaban J connectivity index is 1.74.